The van der Waals surface area contributed by atoms with Gasteiger partial charge in [-0.15, -0.1) is 0 Å². The molecule has 1 aromatic heterocycles. The lowest BCUT2D eigenvalue weighted by molar-refractivity contribution is -0.384. The normalized spacial score (nSPS) is 20.7. The van der Waals surface area contributed by atoms with Crippen LogP contribution in [0.3, 0.4) is 0 Å². The van der Waals surface area contributed by atoms with Crippen LogP contribution in [0.5, 0.6) is 5.75 Å². The maximum absolute atomic E-state index is 14.6. The van der Waals surface area contributed by atoms with Gasteiger partial charge in [-0.25, -0.2) is 23.5 Å². The third-order valence-electron chi connectivity index (χ3n) is 6.31. The highest BCUT2D eigenvalue weighted by molar-refractivity contribution is 8.23. The molecule has 3 aromatic rings. The van der Waals surface area contributed by atoms with Gasteiger partial charge in [0.2, 0.25) is 0 Å². The van der Waals surface area contributed by atoms with Gasteiger partial charge in [0.15, 0.2) is 5.82 Å². The molecule has 1 atom stereocenters. The second kappa shape index (κ2) is 10.5. The Hall–Kier alpha value is -3.59. The van der Waals surface area contributed by atoms with Crippen LogP contribution in [-0.2, 0) is 16.2 Å². The zero-order valence-corrected chi connectivity index (χ0v) is 21.6. The molecule has 15 heteroatoms. The van der Waals surface area contributed by atoms with Crippen molar-refractivity contribution >= 4 is 39.9 Å². The Labute approximate surface area is 226 Å². The second-order valence-corrected chi connectivity index (χ2v) is 11.5. The van der Waals surface area contributed by atoms with E-state index in [1.165, 1.54) is 24.3 Å². The molecule has 0 amide bonds. The van der Waals surface area contributed by atoms with E-state index in [0.29, 0.717) is 37.3 Å². The maximum atomic E-state index is 14.6. The molecule has 3 heterocycles. The quantitative estimate of drug-likeness (QED) is 0.133. The number of non-ortho nitro benzene ring substituents is 1. The average molecular weight is 582 g/mol. The average Bonchev–Trinajstić information content (AvgIpc) is 3.20. The van der Waals surface area contributed by atoms with Gasteiger partial charge in [-0.2, -0.15) is 0 Å². The van der Waals surface area contributed by atoms with Crippen molar-refractivity contribution in [2.75, 3.05) is 18.0 Å². The molecule has 206 valence electrons. The second-order valence-electron chi connectivity index (χ2n) is 9.01. The van der Waals surface area contributed by atoms with Crippen molar-refractivity contribution in [3.05, 3.63) is 74.4 Å². The molecular weight excluding hydrogens is 562 g/mol. The number of anilines is 1. The van der Waals surface area contributed by atoms with E-state index in [-0.39, 0.29) is 40.0 Å². The zero-order valence-electron chi connectivity index (χ0n) is 20.0. The molecule has 0 bridgehead atoms. The van der Waals surface area contributed by atoms with Crippen molar-refractivity contribution in [2.24, 2.45) is 0 Å². The summed E-state index contributed by atoms with van der Waals surface area (Å²) in [7, 11) is -3.25. The Bertz CT molecular complexity index is 1450. The summed E-state index contributed by atoms with van der Waals surface area (Å²) in [5.41, 5.74) is 0.355. The highest BCUT2D eigenvalue weighted by atomic mass is 35.5. The minimum atomic E-state index is -3.25. The molecule has 0 aliphatic carbocycles. The van der Waals surface area contributed by atoms with Crippen LogP contribution in [0.15, 0.2) is 36.4 Å². The molecule has 5 rings (SSSR count). The molecule has 0 saturated carbocycles. The third-order valence-corrected chi connectivity index (χ3v) is 8.06. The smallest absolute Gasteiger partial charge is 0.514 e. The predicted octanol–water partition coefficient (Wildman–Crippen LogP) is 5.59. The monoisotopic (exact) mass is 581 g/mol. The summed E-state index contributed by atoms with van der Waals surface area (Å²) in [4.78, 5) is 32.9. The molecule has 2 aliphatic heterocycles. The van der Waals surface area contributed by atoms with E-state index in [1.807, 2.05) is 4.90 Å². The molecule has 0 spiro atoms. The SMILES string of the molecule is O=C(Oc1ccc([N+](=O)[O-])cc1)OC1CCN(c2nc(-c3cc(F)c(Cl)cc3F)nc3c2CS([O-])(O)C3)CC1. The van der Waals surface area contributed by atoms with E-state index >= 15 is 0 Å². The number of carbonyl (C=O) groups is 1. The maximum Gasteiger partial charge on any atom is 0.514 e. The van der Waals surface area contributed by atoms with Gasteiger partial charge in [-0.3, -0.25) is 10.1 Å². The molecule has 0 radical (unpaired) electrons. The Balaban J connectivity index is 1.30. The number of halogens is 3. The van der Waals surface area contributed by atoms with Crippen LogP contribution in [0.25, 0.3) is 11.4 Å². The Morgan fingerprint density at radius 3 is 2.49 bits per heavy atom. The number of hydrogen-bond donors (Lipinski definition) is 1. The first-order chi connectivity index (χ1) is 18.5. The highest BCUT2D eigenvalue weighted by Gasteiger charge is 2.32. The van der Waals surface area contributed by atoms with Gasteiger partial charge in [-0.1, -0.05) is 11.6 Å². The molecule has 1 fully saturated rings. The van der Waals surface area contributed by atoms with Crippen molar-refractivity contribution in [3.63, 3.8) is 0 Å². The summed E-state index contributed by atoms with van der Waals surface area (Å²) in [6, 6.07) is 6.66. The molecule has 1 unspecified atom stereocenters. The summed E-state index contributed by atoms with van der Waals surface area (Å²) in [6.45, 7) is 0.672. The fourth-order valence-electron chi connectivity index (χ4n) is 4.43. The van der Waals surface area contributed by atoms with Crippen LogP contribution < -0.4 is 9.64 Å². The number of aromatic nitrogens is 2. The number of nitrogens with zero attached hydrogens (tertiary/aromatic N) is 4. The number of rotatable bonds is 5. The van der Waals surface area contributed by atoms with Crippen molar-refractivity contribution < 1.29 is 37.1 Å². The number of hydrogen-bond acceptors (Lipinski definition) is 10. The minimum absolute atomic E-state index is 0.0885. The van der Waals surface area contributed by atoms with E-state index in [1.54, 1.807) is 0 Å². The standard InChI is InChI=1S/C24H21ClF2N4O7S/c25-18-10-19(26)16(9-20(18)27)22-28-21-12-39(35,36)11-17(21)23(29-22)30-7-5-15(6-8-30)38-24(32)37-14-3-1-13(2-4-14)31(33)34/h1-4,9-10,15,35-36H,5-8,11-12H2/p-1. The topological polar surface area (TPSA) is 151 Å². The number of nitro groups is 1. The number of carbonyl (C=O) groups excluding carboxylic acids is 1. The fraction of sp³-hybridized carbons (Fsp3) is 0.292. The molecule has 39 heavy (non-hydrogen) atoms. The van der Waals surface area contributed by atoms with Gasteiger partial charge < -0.3 is 34.1 Å². The van der Waals surface area contributed by atoms with Gasteiger partial charge in [0, 0.05) is 55.1 Å². The summed E-state index contributed by atoms with van der Waals surface area (Å²) >= 11 is 5.67. The van der Waals surface area contributed by atoms with E-state index in [9.17, 15) is 32.8 Å². The Morgan fingerprint density at radius 1 is 1.13 bits per heavy atom. The van der Waals surface area contributed by atoms with Gasteiger partial charge >= 0.3 is 6.16 Å². The molecule has 2 aliphatic rings. The number of fused-ring (bicyclic) bond motifs is 1. The Morgan fingerprint density at radius 2 is 1.82 bits per heavy atom. The van der Waals surface area contributed by atoms with Crippen LogP contribution in [-0.4, -0.2) is 49.3 Å². The molecule has 1 saturated heterocycles. The van der Waals surface area contributed by atoms with Gasteiger partial charge in [0.25, 0.3) is 5.69 Å². The number of nitro benzene ring substituents is 1. The summed E-state index contributed by atoms with van der Waals surface area (Å²) in [6.07, 6.45) is -0.747. The third kappa shape index (κ3) is 5.88. The van der Waals surface area contributed by atoms with Gasteiger partial charge in [0.1, 0.15) is 29.3 Å². The molecule has 1 N–H and O–H groups in total. The lowest BCUT2D eigenvalue weighted by Crippen LogP contribution is -2.39. The summed E-state index contributed by atoms with van der Waals surface area (Å²) < 4.78 is 61.9. The number of benzene rings is 2. The first kappa shape index (κ1) is 27.0. The molecule has 11 nitrogen and oxygen atoms in total. The van der Waals surface area contributed by atoms with E-state index in [0.717, 1.165) is 12.1 Å². The lowest BCUT2D eigenvalue weighted by atomic mass is 10.1. The zero-order chi connectivity index (χ0) is 27.9. The van der Waals surface area contributed by atoms with Crippen LogP contribution >= 0.6 is 22.2 Å². The van der Waals surface area contributed by atoms with E-state index in [4.69, 9.17) is 21.1 Å². The van der Waals surface area contributed by atoms with E-state index < -0.39 is 44.4 Å². The van der Waals surface area contributed by atoms with Crippen LogP contribution in [0.4, 0.5) is 25.1 Å². The highest BCUT2D eigenvalue weighted by Crippen LogP contribution is 2.54. The summed E-state index contributed by atoms with van der Waals surface area (Å²) in [5, 5.41) is 10.4. The number of piperidine rings is 1. The first-order valence-electron chi connectivity index (χ1n) is 11.6. The fourth-order valence-corrected chi connectivity index (χ4v) is 6.09. The van der Waals surface area contributed by atoms with Crippen LogP contribution in [0, 0.1) is 21.7 Å². The lowest BCUT2D eigenvalue weighted by Gasteiger charge is -2.40. The first-order valence-corrected chi connectivity index (χ1v) is 13.9. The largest absolute Gasteiger partial charge is 0.767 e. The van der Waals surface area contributed by atoms with Gasteiger partial charge in [0.05, 0.1) is 21.2 Å². The predicted molar refractivity (Wildman–Crippen MR) is 136 cm³/mol. The Kier molecular flexibility index (Phi) is 7.29. The molecular formula is C24H20ClF2N4O7S-. The van der Waals surface area contributed by atoms with Crippen LogP contribution in [0.1, 0.15) is 24.1 Å². The minimum Gasteiger partial charge on any atom is -0.767 e. The van der Waals surface area contributed by atoms with Crippen molar-refractivity contribution in [1.29, 1.82) is 0 Å². The van der Waals surface area contributed by atoms with Crippen molar-refractivity contribution in [2.45, 2.75) is 30.5 Å². The summed E-state index contributed by atoms with van der Waals surface area (Å²) in [5.74, 6) is -1.83. The van der Waals surface area contributed by atoms with Crippen molar-refractivity contribution in [3.8, 4) is 17.1 Å². The van der Waals surface area contributed by atoms with Crippen molar-refractivity contribution in [1.82, 2.24) is 9.97 Å². The van der Waals surface area contributed by atoms with Crippen LogP contribution in [0.2, 0.25) is 5.02 Å². The number of ether oxygens (including phenoxy) is 2. The van der Waals surface area contributed by atoms with Gasteiger partial charge in [-0.05, 0) is 24.3 Å². The molecule has 2 aromatic carbocycles. The van der Waals surface area contributed by atoms with E-state index in [2.05, 4.69) is 9.97 Å².